The van der Waals surface area contributed by atoms with Gasteiger partial charge in [-0.05, 0) is 31.5 Å². The number of rotatable bonds is 1. The maximum Gasteiger partial charge on any atom is 0.336 e. The minimum absolute atomic E-state index is 0.351. The Morgan fingerprint density at radius 1 is 1.28 bits per heavy atom. The van der Waals surface area contributed by atoms with Crippen LogP contribution in [-0.4, -0.2) is 5.84 Å². The van der Waals surface area contributed by atoms with Crippen LogP contribution >= 0.6 is 0 Å². The van der Waals surface area contributed by atoms with E-state index in [0.717, 1.165) is 10.9 Å². The molecule has 2 N–H and O–H groups in total. The quantitative estimate of drug-likeness (QED) is 0.477. The summed E-state index contributed by atoms with van der Waals surface area (Å²) in [4.78, 5) is 15.3. The number of benzene rings is 1. The predicted molar refractivity (Wildman–Crippen MR) is 75.5 cm³/mol. The SMILES string of the molecule is CC.CC(N)=Nc1ccc2c(C)cc(=O)oc2c1. The number of nitrogens with two attached hydrogens (primary N) is 1. The van der Waals surface area contributed by atoms with Crippen LogP contribution in [0.5, 0.6) is 0 Å². The highest BCUT2D eigenvalue weighted by Gasteiger charge is 2.02. The predicted octanol–water partition coefficient (Wildman–Crippen LogP) is 3.14. The van der Waals surface area contributed by atoms with Gasteiger partial charge >= 0.3 is 5.63 Å². The molecule has 4 nitrogen and oxygen atoms in total. The molecule has 0 bridgehead atoms. The first kappa shape index (κ1) is 14.0. The van der Waals surface area contributed by atoms with Crippen LogP contribution in [0.4, 0.5) is 5.69 Å². The molecule has 0 spiro atoms. The second-order valence-electron chi connectivity index (χ2n) is 3.68. The Kier molecular flexibility index (Phi) is 4.66. The zero-order valence-electron chi connectivity index (χ0n) is 11.2. The fraction of sp³-hybridized carbons (Fsp3) is 0.286. The number of nitrogens with zero attached hydrogens (tertiary/aromatic N) is 1. The molecule has 0 saturated carbocycles. The largest absolute Gasteiger partial charge is 0.423 e. The summed E-state index contributed by atoms with van der Waals surface area (Å²) in [5, 5.41) is 0.910. The van der Waals surface area contributed by atoms with E-state index in [9.17, 15) is 4.79 Å². The molecular weight excluding hydrogens is 228 g/mol. The van der Waals surface area contributed by atoms with Crippen LogP contribution in [0.25, 0.3) is 11.0 Å². The van der Waals surface area contributed by atoms with Crippen molar-refractivity contribution in [2.24, 2.45) is 10.7 Å². The minimum atomic E-state index is -0.351. The van der Waals surface area contributed by atoms with Crippen molar-refractivity contribution in [3.8, 4) is 0 Å². The zero-order valence-corrected chi connectivity index (χ0v) is 11.2. The molecule has 2 rings (SSSR count). The smallest absolute Gasteiger partial charge is 0.336 e. The highest BCUT2D eigenvalue weighted by molar-refractivity contribution is 5.85. The fourth-order valence-electron chi connectivity index (χ4n) is 1.59. The first-order valence-electron chi connectivity index (χ1n) is 5.91. The summed E-state index contributed by atoms with van der Waals surface area (Å²) in [6.45, 7) is 7.58. The van der Waals surface area contributed by atoms with Crippen molar-refractivity contribution >= 4 is 22.5 Å². The molecule has 0 aliphatic carbocycles. The van der Waals surface area contributed by atoms with Crippen molar-refractivity contribution in [2.45, 2.75) is 27.7 Å². The lowest BCUT2D eigenvalue weighted by Gasteiger charge is -2.01. The van der Waals surface area contributed by atoms with Crippen LogP contribution in [0.3, 0.4) is 0 Å². The minimum Gasteiger partial charge on any atom is -0.423 e. The van der Waals surface area contributed by atoms with E-state index in [2.05, 4.69) is 4.99 Å². The Morgan fingerprint density at radius 2 is 1.94 bits per heavy atom. The molecule has 96 valence electrons. The molecule has 0 fully saturated rings. The monoisotopic (exact) mass is 246 g/mol. The van der Waals surface area contributed by atoms with Gasteiger partial charge in [-0.15, -0.1) is 0 Å². The van der Waals surface area contributed by atoms with E-state index in [1.54, 1.807) is 13.0 Å². The highest BCUT2D eigenvalue weighted by atomic mass is 16.4. The lowest BCUT2D eigenvalue weighted by Crippen LogP contribution is -2.03. The molecule has 1 heterocycles. The zero-order chi connectivity index (χ0) is 13.7. The third-order valence-electron chi connectivity index (χ3n) is 2.24. The summed E-state index contributed by atoms with van der Waals surface area (Å²) in [5.41, 5.74) is 7.25. The summed E-state index contributed by atoms with van der Waals surface area (Å²) in [5.74, 6) is 0.467. The van der Waals surface area contributed by atoms with Crippen molar-refractivity contribution in [2.75, 3.05) is 0 Å². The van der Waals surface area contributed by atoms with E-state index in [1.807, 2.05) is 32.9 Å². The number of hydrogen-bond acceptors (Lipinski definition) is 3. The second kappa shape index (κ2) is 6.00. The topological polar surface area (TPSA) is 68.6 Å². The highest BCUT2D eigenvalue weighted by Crippen LogP contribution is 2.22. The van der Waals surface area contributed by atoms with Gasteiger partial charge in [-0.1, -0.05) is 13.8 Å². The van der Waals surface area contributed by atoms with Gasteiger partial charge in [-0.25, -0.2) is 9.79 Å². The van der Waals surface area contributed by atoms with Crippen molar-refractivity contribution in [3.05, 3.63) is 40.2 Å². The van der Waals surface area contributed by atoms with Crippen molar-refractivity contribution < 1.29 is 4.42 Å². The molecular formula is C14H18N2O2. The molecule has 2 aromatic rings. The summed E-state index contributed by atoms with van der Waals surface area (Å²) in [6.07, 6.45) is 0. The summed E-state index contributed by atoms with van der Waals surface area (Å²) in [6, 6.07) is 6.89. The van der Waals surface area contributed by atoms with E-state index in [1.165, 1.54) is 6.07 Å². The molecule has 0 atom stereocenters. The van der Waals surface area contributed by atoms with Crippen molar-refractivity contribution in [3.63, 3.8) is 0 Å². The molecule has 0 aliphatic heterocycles. The molecule has 1 aromatic carbocycles. The molecule has 0 saturated heterocycles. The van der Waals surface area contributed by atoms with Gasteiger partial charge in [0.1, 0.15) is 5.58 Å². The van der Waals surface area contributed by atoms with Crippen LogP contribution in [0, 0.1) is 6.92 Å². The number of fused-ring (bicyclic) bond motifs is 1. The van der Waals surface area contributed by atoms with Crippen LogP contribution in [0.1, 0.15) is 26.3 Å². The summed E-state index contributed by atoms with van der Waals surface area (Å²) in [7, 11) is 0. The van der Waals surface area contributed by atoms with Crippen molar-refractivity contribution in [1.82, 2.24) is 0 Å². The van der Waals surface area contributed by atoms with Gasteiger partial charge in [-0.2, -0.15) is 0 Å². The Hall–Kier alpha value is -2.10. The standard InChI is InChI=1S/C12H12N2O2.C2H6/c1-7-5-12(15)16-11-6-9(14-8(2)13)3-4-10(7)11;1-2/h3-6H,1-2H3,(H2,13,14);1-2H3. The van der Waals surface area contributed by atoms with Gasteiger partial charge in [0.05, 0.1) is 11.5 Å². The normalized spacial score (nSPS) is 11.0. The van der Waals surface area contributed by atoms with Gasteiger partial charge in [0, 0.05) is 17.5 Å². The molecule has 1 aromatic heterocycles. The van der Waals surface area contributed by atoms with E-state index in [0.29, 0.717) is 17.1 Å². The lowest BCUT2D eigenvalue weighted by molar-refractivity contribution is 0.560. The average Bonchev–Trinajstić information content (AvgIpc) is 2.30. The van der Waals surface area contributed by atoms with Crippen LogP contribution in [0.2, 0.25) is 0 Å². The fourth-order valence-corrected chi connectivity index (χ4v) is 1.59. The number of aryl methyl sites for hydroxylation is 1. The van der Waals surface area contributed by atoms with E-state index >= 15 is 0 Å². The molecule has 0 radical (unpaired) electrons. The van der Waals surface area contributed by atoms with Crippen LogP contribution in [0.15, 0.2) is 38.5 Å². The second-order valence-corrected chi connectivity index (χ2v) is 3.68. The van der Waals surface area contributed by atoms with Gasteiger partial charge in [-0.3, -0.25) is 0 Å². The van der Waals surface area contributed by atoms with Gasteiger partial charge in [0.2, 0.25) is 0 Å². The summed E-state index contributed by atoms with van der Waals surface area (Å²) >= 11 is 0. The molecule has 0 unspecified atom stereocenters. The van der Waals surface area contributed by atoms with E-state index < -0.39 is 0 Å². The molecule has 18 heavy (non-hydrogen) atoms. The van der Waals surface area contributed by atoms with E-state index in [4.69, 9.17) is 10.2 Å². The maximum absolute atomic E-state index is 11.2. The Labute approximate surface area is 106 Å². The number of aliphatic imine (C=N–C) groups is 1. The first-order chi connectivity index (χ1) is 8.56. The molecule has 0 amide bonds. The number of hydrogen-bond donors (Lipinski definition) is 1. The van der Waals surface area contributed by atoms with Gasteiger partial charge in [0.15, 0.2) is 0 Å². The lowest BCUT2D eigenvalue weighted by atomic mass is 10.1. The average molecular weight is 246 g/mol. The van der Waals surface area contributed by atoms with Crippen LogP contribution < -0.4 is 11.4 Å². The maximum atomic E-state index is 11.2. The van der Waals surface area contributed by atoms with Crippen molar-refractivity contribution in [1.29, 1.82) is 0 Å². The van der Waals surface area contributed by atoms with Crippen LogP contribution in [-0.2, 0) is 0 Å². The molecule has 0 aliphatic rings. The first-order valence-corrected chi connectivity index (χ1v) is 5.91. The molecule has 4 heteroatoms. The van der Waals surface area contributed by atoms with Gasteiger partial charge in [0.25, 0.3) is 0 Å². The Morgan fingerprint density at radius 3 is 2.56 bits per heavy atom. The number of amidine groups is 1. The third kappa shape index (κ3) is 3.20. The Balaban J connectivity index is 0.000000771. The third-order valence-corrected chi connectivity index (χ3v) is 2.24. The van der Waals surface area contributed by atoms with E-state index in [-0.39, 0.29) is 5.63 Å². The summed E-state index contributed by atoms with van der Waals surface area (Å²) < 4.78 is 5.10. The Bertz CT molecular complexity index is 623. The van der Waals surface area contributed by atoms with Gasteiger partial charge < -0.3 is 10.2 Å².